The molecular weight excluding hydrogens is 1610 g/mol. The number of hydrogen-bond acceptors (Lipinski definition) is 24. The van der Waals surface area contributed by atoms with Gasteiger partial charge in [-0.1, -0.05) is 23.7 Å². The van der Waals surface area contributed by atoms with Crippen LogP contribution in [-0.4, -0.2) is 255 Å². The van der Waals surface area contributed by atoms with Gasteiger partial charge in [0.05, 0.1) is 102 Å². The second kappa shape index (κ2) is 46.7. The number of nitrogens with zero attached hydrogens (tertiary/aromatic N) is 13. The van der Waals surface area contributed by atoms with Gasteiger partial charge in [-0.3, -0.25) is 57.5 Å². The van der Waals surface area contributed by atoms with E-state index in [-0.39, 0.29) is 122 Å². The molecule has 0 aliphatic carbocycles. The molecule has 7 heterocycles. The van der Waals surface area contributed by atoms with E-state index in [9.17, 15) is 47.9 Å². The number of imidazole rings is 3. The van der Waals surface area contributed by atoms with Crippen LogP contribution in [0.15, 0.2) is 121 Å². The van der Waals surface area contributed by atoms with Gasteiger partial charge in [0.15, 0.2) is 23.3 Å². The first kappa shape index (κ1) is 92.3. The fraction of sp³-hybridized carbons (Fsp3) is 0.415. The number of carbonyl (C=O) groups excluding carboxylic acids is 10. The molecule has 1 unspecified atom stereocenters. The largest absolute Gasteiger partial charge is 0.497 e. The Balaban J connectivity index is 0.477. The molecule has 9 aromatic rings. The summed E-state index contributed by atoms with van der Waals surface area (Å²) in [4.78, 5) is 149. The van der Waals surface area contributed by atoms with E-state index < -0.39 is 47.4 Å². The molecule has 0 saturated heterocycles. The highest BCUT2D eigenvalue weighted by atomic mass is 35.5. The number of halogens is 1. The number of fused-ring (bicyclic) bond motifs is 3. The molecule has 10 N–H and O–H groups in total. The fourth-order valence-electron chi connectivity index (χ4n) is 12.7. The van der Waals surface area contributed by atoms with Gasteiger partial charge >= 0.3 is 0 Å². The Morgan fingerprint density at radius 1 is 0.463 bits per heavy atom. The van der Waals surface area contributed by atoms with Gasteiger partial charge < -0.3 is 114 Å². The minimum absolute atomic E-state index is 0.00219. The molecule has 0 saturated carbocycles. The quantitative estimate of drug-likeness (QED) is 0.0231. The van der Waals surface area contributed by atoms with Gasteiger partial charge in [-0.25, -0.2) is 15.0 Å². The van der Waals surface area contributed by atoms with Crippen molar-refractivity contribution in [1.82, 2.24) is 84.0 Å². The van der Waals surface area contributed by atoms with Crippen LogP contribution in [-0.2, 0) is 82.9 Å². The summed E-state index contributed by atoms with van der Waals surface area (Å²) in [6.45, 7) is 8.16. The van der Waals surface area contributed by atoms with Crippen LogP contribution in [0.25, 0.3) is 5.69 Å². The number of aliphatic imine (C=N–C) groups is 1. The van der Waals surface area contributed by atoms with Crippen molar-refractivity contribution in [1.29, 1.82) is 0 Å². The van der Waals surface area contributed by atoms with Crippen molar-refractivity contribution in [3.63, 3.8) is 0 Å². The summed E-state index contributed by atoms with van der Waals surface area (Å²) in [5, 5.41) is 36.8. The fourth-order valence-corrected chi connectivity index (χ4v) is 12.8. The molecule has 40 nitrogen and oxygen atoms in total. The maximum atomic E-state index is 13.6. The van der Waals surface area contributed by atoms with E-state index in [1.165, 1.54) is 55.2 Å². The number of anilines is 5. The summed E-state index contributed by atoms with van der Waals surface area (Å²) in [7, 11) is 11.6. The van der Waals surface area contributed by atoms with Crippen LogP contribution in [0, 0.1) is 6.92 Å². The average molecular weight is 1720 g/mol. The Labute approximate surface area is 714 Å². The van der Waals surface area contributed by atoms with Crippen LogP contribution < -0.4 is 62.6 Å². The zero-order valence-corrected chi connectivity index (χ0v) is 70.6. The Hall–Kier alpha value is -13.0. The van der Waals surface area contributed by atoms with Gasteiger partial charge in [0.1, 0.15) is 41.4 Å². The van der Waals surface area contributed by atoms with E-state index in [1.54, 1.807) is 95.7 Å². The summed E-state index contributed by atoms with van der Waals surface area (Å²) in [5.41, 5.74) is 4.76. The number of ether oxygens (including phenoxy) is 7. The summed E-state index contributed by atoms with van der Waals surface area (Å²) in [6.07, 6.45) is 10.5. The van der Waals surface area contributed by atoms with Gasteiger partial charge in [0.25, 0.3) is 29.5 Å². The van der Waals surface area contributed by atoms with Crippen molar-refractivity contribution in [2.45, 2.75) is 57.9 Å². The van der Waals surface area contributed by atoms with E-state index in [2.05, 4.69) is 83.2 Å². The third kappa shape index (κ3) is 28.3. The molecule has 656 valence electrons. The maximum Gasteiger partial charge on any atom is 0.291 e. The molecule has 6 aromatic heterocycles. The van der Waals surface area contributed by atoms with E-state index in [1.807, 2.05) is 48.9 Å². The van der Waals surface area contributed by atoms with E-state index in [0.717, 1.165) is 29.8 Å². The summed E-state index contributed by atoms with van der Waals surface area (Å²) >= 11 is 6.25. The molecule has 123 heavy (non-hydrogen) atoms. The Morgan fingerprint density at radius 3 is 1.50 bits per heavy atom. The van der Waals surface area contributed by atoms with Crippen LogP contribution in [0.5, 0.6) is 11.5 Å². The average Bonchev–Trinajstić information content (AvgIpc) is 1.61. The Bertz CT molecular complexity index is 5140. The topological polar surface area (TPSA) is 465 Å². The Kier molecular flexibility index (Phi) is 35.0. The maximum absolute atomic E-state index is 13.6. The van der Waals surface area contributed by atoms with Gasteiger partial charge in [-0.2, -0.15) is 0 Å². The molecule has 3 aromatic carbocycles. The van der Waals surface area contributed by atoms with Gasteiger partial charge in [-0.15, -0.1) is 10.2 Å². The lowest BCUT2D eigenvalue weighted by Gasteiger charge is -2.16. The lowest BCUT2D eigenvalue weighted by Crippen LogP contribution is -2.33. The summed E-state index contributed by atoms with van der Waals surface area (Å²) < 4.78 is 48.7. The van der Waals surface area contributed by atoms with Crippen molar-refractivity contribution >= 4 is 105 Å². The zero-order valence-electron chi connectivity index (χ0n) is 69.9. The molecule has 1 atom stereocenters. The molecule has 10 rings (SSSR count). The van der Waals surface area contributed by atoms with Crippen molar-refractivity contribution in [2.24, 2.45) is 40.2 Å². The van der Waals surface area contributed by atoms with Crippen molar-refractivity contribution in [3.8, 4) is 17.2 Å². The minimum Gasteiger partial charge on any atom is -0.497 e. The summed E-state index contributed by atoms with van der Waals surface area (Å²) in [6, 6.07) is 22.5. The first-order chi connectivity index (χ1) is 59.4. The highest BCUT2D eigenvalue weighted by Gasteiger charge is 2.31. The lowest BCUT2D eigenvalue weighted by atomic mass is 10.00. The number of aryl methyl sites for hydroxylation is 6. The first-order valence-electron chi connectivity index (χ1n) is 39.9. The lowest BCUT2D eigenvalue weighted by molar-refractivity contribution is -0.122. The van der Waals surface area contributed by atoms with Crippen molar-refractivity contribution in [3.05, 3.63) is 173 Å². The number of methoxy groups -OCH3 is 1. The van der Waals surface area contributed by atoms with Crippen LogP contribution in [0.2, 0.25) is 5.02 Å². The Morgan fingerprint density at radius 2 is 0.959 bits per heavy atom. The number of hydrogen-bond donors (Lipinski definition) is 10. The molecule has 0 radical (unpaired) electrons. The van der Waals surface area contributed by atoms with Gasteiger partial charge in [0.2, 0.25) is 41.2 Å². The van der Waals surface area contributed by atoms with Gasteiger partial charge in [-0.05, 0) is 107 Å². The number of benzene rings is 3. The van der Waals surface area contributed by atoms with Crippen molar-refractivity contribution in [2.75, 3.05) is 159 Å². The van der Waals surface area contributed by atoms with E-state index in [0.29, 0.717) is 137 Å². The molecule has 0 fully saturated rings. The number of nitrogens with one attached hydrogen (secondary N) is 10. The highest BCUT2D eigenvalue weighted by Crippen LogP contribution is 2.35. The molecule has 41 heteroatoms. The summed E-state index contributed by atoms with van der Waals surface area (Å²) in [5.74, 6) is -1.46. The molecule has 1 aliphatic rings. The van der Waals surface area contributed by atoms with Crippen LogP contribution in [0.1, 0.15) is 127 Å². The number of carbonyl (C=O) groups is 10. The third-order valence-electron chi connectivity index (χ3n) is 18.9. The standard InChI is InChI=1S/C82H104ClN23O17/c1-53-98-99-74-62(93-73(54-11-13-55(83)14-12-54)61-47-60(117-8)19-20-63(61)106(53)74)48-72(111)90-56-15-17-59(18-16-56)123-44-43-122-42-41-121-40-39-120-38-37-119-36-35-118-34-24-69(108)85-26-10-32-100(2)31-9-25-84-68(107)21-27-89-80(114)76-96-66(51-104(76)6)94-70(109)22-28-88-79(113)65-46-58(50-103(65)5)92-82(116)77-97-67(52-105(77)7)95-71(110)23-29-87-78(112)64-45-57(49-102(64)4)91-81(115)75-86-30-33-101(75)3/h11-20,30,33,45-47,49-52,62H,9-10,21-29,31-32,34-44,48H2,1-8H3,(H,84,107)(H,85,108)(H,87,112)(H,88,113)(H,89,114)(H,90,111)(H,91,115)(H,92,116)(H,94,109)(H,95,110). The predicted octanol–water partition coefficient (Wildman–Crippen LogP) is 4.67. The molecule has 0 bridgehead atoms. The number of amides is 10. The normalized spacial score (nSPS) is 12.1. The SMILES string of the molecule is COc1ccc2c(c1)C(c1ccc(Cl)cc1)=NC(CC(=O)Nc1ccc(OCCOCCOCCOCCOCCOCCC(=O)NCCCN(C)CCCNC(=O)CCNC(=O)c3nc(NC(=O)CCNC(=O)c4cc(NC(=O)c5nc(NC(=O)CCNC(=O)c6cc(NC(=O)c7nccn7C)cn6C)cn5C)cn4C)cn3C)cc1)c1nnc(C)n1-2. The number of aromatic nitrogens is 11. The predicted molar refractivity (Wildman–Crippen MR) is 454 cm³/mol. The van der Waals surface area contributed by atoms with Crippen molar-refractivity contribution < 1.29 is 81.1 Å². The second-order valence-corrected chi connectivity index (χ2v) is 28.9. The van der Waals surface area contributed by atoms with Crippen LogP contribution in [0.4, 0.5) is 28.7 Å². The smallest absolute Gasteiger partial charge is 0.291 e. The minimum atomic E-state index is -0.658. The second-order valence-electron chi connectivity index (χ2n) is 28.4. The van der Waals surface area contributed by atoms with Crippen LogP contribution in [0.3, 0.4) is 0 Å². The number of rotatable bonds is 50. The first-order valence-corrected chi connectivity index (χ1v) is 40.3. The zero-order chi connectivity index (χ0) is 87.7. The molecule has 1 aliphatic heterocycles. The van der Waals surface area contributed by atoms with Gasteiger partial charge in [0, 0.05) is 153 Å². The monoisotopic (exact) mass is 1720 g/mol. The van der Waals surface area contributed by atoms with E-state index >= 15 is 0 Å². The highest BCUT2D eigenvalue weighted by molar-refractivity contribution is 6.30. The third-order valence-corrected chi connectivity index (χ3v) is 19.2. The molecule has 0 spiro atoms. The van der Waals surface area contributed by atoms with Crippen LogP contribution >= 0.6 is 11.6 Å². The molecular formula is C82H104ClN23O17. The molecule has 10 amide bonds. The van der Waals surface area contributed by atoms with E-state index in [4.69, 9.17) is 49.8 Å².